The molecule has 0 bridgehead atoms. The van der Waals surface area contributed by atoms with Gasteiger partial charge in [0.1, 0.15) is 17.5 Å². The van der Waals surface area contributed by atoms with Crippen molar-refractivity contribution in [1.29, 1.82) is 0 Å². The standard InChI is InChI=1S/C28H40N2O4/c1-9-23(26(32)29-28(5,6)7)30(18-20-14-16-21(33-8)17-15-20)25(31)19-34-24-13-11-10-12-22(24)27(2,3)4/h10-17,23H,9,18-19H2,1-8H3,(H,29,32). The molecule has 1 N–H and O–H groups in total. The Morgan fingerprint density at radius 3 is 2.12 bits per heavy atom. The number of ether oxygens (including phenoxy) is 2. The van der Waals surface area contributed by atoms with E-state index >= 15 is 0 Å². The fourth-order valence-electron chi connectivity index (χ4n) is 3.73. The smallest absolute Gasteiger partial charge is 0.261 e. The molecule has 186 valence electrons. The Balaban J connectivity index is 2.30. The quantitative estimate of drug-likeness (QED) is 0.556. The van der Waals surface area contributed by atoms with E-state index in [1.54, 1.807) is 12.0 Å². The Morgan fingerprint density at radius 1 is 0.971 bits per heavy atom. The number of benzene rings is 2. The number of hydrogen-bond donors (Lipinski definition) is 1. The van der Waals surface area contributed by atoms with Crippen molar-refractivity contribution in [1.82, 2.24) is 10.2 Å². The largest absolute Gasteiger partial charge is 0.497 e. The summed E-state index contributed by atoms with van der Waals surface area (Å²) >= 11 is 0. The third-order valence-electron chi connectivity index (χ3n) is 5.44. The lowest BCUT2D eigenvalue weighted by molar-refractivity contribution is -0.143. The highest BCUT2D eigenvalue weighted by atomic mass is 16.5. The second-order valence-electron chi connectivity index (χ2n) is 10.6. The van der Waals surface area contributed by atoms with Crippen molar-refractivity contribution in [3.05, 3.63) is 59.7 Å². The van der Waals surface area contributed by atoms with Gasteiger partial charge in [0.05, 0.1) is 7.11 Å². The molecule has 0 saturated heterocycles. The number of nitrogens with one attached hydrogen (secondary N) is 1. The molecule has 0 spiro atoms. The molecular weight excluding hydrogens is 428 g/mol. The molecule has 0 saturated carbocycles. The van der Waals surface area contributed by atoms with Gasteiger partial charge in [-0.15, -0.1) is 0 Å². The zero-order chi connectivity index (χ0) is 25.5. The molecule has 34 heavy (non-hydrogen) atoms. The monoisotopic (exact) mass is 468 g/mol. The van der Waals surface area contributed by atoms with Gasteiger partial charge in [-0.1, -0.05) is 58.0 Å². The zero-order valence-electron chi connectivity index (χ0n) is 21.9. The maximum absolute atomic E-state index is 13.5. The first-order valence-electron chi connectivity index (χ1n) is 11.8. The van der Waals surface area contributed by atoms with Crippen LogP contribution < -0.4 is 14.8 Å². The van der Waals surface area contributed by atoms with Crippen LogP contribution in [0, 0.1) is 0 Å². The number of carbonyl (C=O) groups is 2. The summed E-state index contributed by atoms with van der Waals surface area (Å²) < 4.78 is 11.3. The molecule has 2 aromatic rings. The van der Waals surface area contributed by atoms with Crippen molar-refractivity contribution in [2.75, 3.05) is 13.7 Å². The second kappa shape index (κ2) is 11.4. The lowest BCUT2D eigenvalue weighted by Crippen LogP contribution is -2.54. The summed E-state index contributed by atoms with van der Waals surface area (Å²) in [5.41, 5.74) is 1.41. The first-order valence-corrected chi connectivity index (χ1v) is 11.8. The molecule has 1 atom stereocenters. The van der Waals surface area contributed by atoms with Gasteiger partial charge in [0.2, 0.25) is 5.91 Å². The summed E-state index contributed by atoms with van der Waals surface area (Å²) in [6, 6.07) is 14.7. The zero-order valence-corrected chi connectivity index (χ0v) is 21.9. The van der Waals surface area contributed by atoms with Crippen molar-refractivity contribution >= 4 is 11.8 Å². The molecule has 2 aromatic carbocycles. The summed E-state index contributed by atoms with van der Waals surface area (Å²) in [4.78, 5) is 28.2. The molecule has 0 fully saturated rings. The molecule has 0 radical (unpaired) electrons. The van der Waals surface area contributed by atoms with E-state index in [-0.39, 0.29) is 23.8 Å². The number of rotatable bonds is 9. The van der Waals surface area contributed by atoms with Crippen LogP contribution in [0.25, 0.3) is 0 Å². The van der Waals surface area contributed by atoms with Crippen molar-refractivity contribution in [2.24, 2.45) is 0 Å². The van der Waals surface area contributed by atoms with Gasteiger partial charge in [0, 0.05) is 12.1 Å². The number of methoxy groups -OCH3 is 1. The third kappa shape index (κ3) is 7.79. The molecule has 6 nitrogen and oxygen atoms in total. The normalized spacial score (nSPS) is 12.6. The average Bonchev–Trinajstić information content (AvgIpc) is 2.76. The molecule has 0 aliphatic rings. The fraction of sp³-hybridized carbons (Fsp3) is 0.500. The van der Waals surface area contributed by atoms with E-state index in [1.165, 1.54) is 0 Å². The molecule has 1 unspecified atom stereocenters. The summed E-state index contributed by atoms with van der Waals surface area (Å²) in [7, 11) is 1.61. The summed E-state index contributed by atoms with van der Waals surface area (Å²) in [5.74, 6) is 1.00. The van der Waals surface area contributed by atoms with Crippen LogP contribution >= 0.6 is 0 Å². The van der Waals surface area contributed by atoms with Gasteiger partial charge in [-0.05, 0) is 61.9 Å². The number of amides is 2. The van der Waals surface area contributed by atoms with Gasteiger partial charge in [-0.3, -0.25) is 9.59 Å². The van der Waals surface area contributed by atoms with Gasteiger partial charge in [-0.2, -0.15) is 0 Å². The second-order valence-corrected chi connectivity index (χ2v) is 10.6. The number of hydrogen-bond acceptors (Lipinski definition) is 4. The minimum Gasteiger partial charge on any atom is -0.497 e. The summed E-state index contributed by atoms with van der Waals surface area (Å²) in [6.45, 7) is 14.2. The third-order valence-corrected chi connectivity index (χ3v) is 5.44. The molecule has 2 rings (SSSR count). The van der Waals surface area contributed by atoms with Gasteiger partial charge in [0.15, 0.2) is 6.61 Å². The average molecular weight is 469 g/mol. The minimum absolute atomic E-state index is 0.124. The topological polar surface area (TPSA) is 67.9 Å². The number of nitrogens with zero attached hydrogens (tertiary/aromatic N) is 1. The Bertz CT molecular complexity index is 956. The van der Waals surface area contributed by atoms with Gasteiger partial charge < -0.3 is 19.7 Å². The van der Waals surface area contributed by atoms with Crippen LogP contribution in [0.2, 0.25) is 0 Å². The van der Waals surface area contributed by atoms with Crippen LogP contribution in [0.15, 0.2) is 48.5 Å². The lowest BCUT2D eigenvalue weighted by Gasteiger charge is -2.33. The first kappa shape index (κ1) is 27.2. The van der Waals surface area contributed by atoms with Crippen LogP contribution in [-0.2, 0) is 21.5 Å². The van der Waals surface area contributed by atoms with Crippen LogP contribution in [0.1, 0.15) is 66.0 Å². The maximum Gasteiger partial charge on any atom is 0.261 e. The molecule has 2 amide bonds. The SMILES string of the molecule is CCC(C(=O)NC(C)(C)C)N(Cc1ccc(OC)cc1)C(=O)COc1ccccc1C(C)(C)C. The molecule has 0 aliphatic heterocycles. The summed E-state index contributed by atoms with van der Waals surface area (Å²) in [5, 5.41) is 3.02. The van der Waals surface area contributed by atoms with Crippen LogP contribution in [0.4, 0.5) is 0 Å². The predicted molar refractivity (Wildman–Crippen MR) is 136 cm³/mol. The highest BCUT2D eigenvalue weighted by Crippen LogP contribution is 2.31. The van der Waals surface area contributed by atoms with Gasteiger partial charge in [0.25, 0.3) is 5.91 Å². The van der Waals surface area contributed by atoms with E-state index in [0.29, 0.717) is 18.7 Å². The van der Waals surface area contributed by atoms with E-state index in [1.807, 2.05) is 76.2 Å². The van der Waals surface area contributed by atoms with E-state index in [0.717, 1.165) is 16.9 Å². The Hall–Kier alpha value is -3.02. The fourth-order valence-corrected chi connectivity index (χ4v) is 3.73. The van der Waals surface area contributed by atoms with E-state index in [9.17, 15) is 9.59 Å². The van der Waals surface area contributed by atoms with Crippen LogP contribution in [-0.4, -0.2) is 42.0 Å². The predicted octanol–water partition coefficient (Wildman–Crippen LogP) is 5.09. The molecule has 0 aromatic heterocycles. The molecular formula is C28H40N2O4. The van der Waals surface area contributed by atoms with E-state index < -0.39 is 11.6 Å². The lowest BCUT2D eigenvalue weighted by atomic mass is 9.86. The minimum atomic E-state index is -0.615. The van der Waals surface area contributed by atoms with E-state index in [4.69, 9.17) is 9.47 Å². The Labute approximate surface area is 204 Å². The van der Waals surface area contributed by atoms with Crippen LogP contribution in [0.5, 0.6) is 11.5 Å². The molecule has 0 heterocycles. The van der Waals surface area contributed by atoms with Crippen molar-refractivity contribution in [3.8, 4) is 11.5 Å². The Morgan fingerprint density at radius 2 is 1.59 bits per heavy atom. The Kier molecular flexibility index (Phi) is 9.14. The van der Waals surface area contributed by atoms with Gasteiger partial charge >= 0.3 is 0 Å². The molecule has 6 heteroatoms. The first-order chi connectivity index (χ1) is 15.9. The van der Waals surface area contributed by atoms with Crippen molar-refractivity contribution in [3.63, 3.8) is 0 Å². The highest BCUT2D eigenvalue weighted by Gasteiger charge is 2.31. The molecule has 0 aliphatic carbocycles. The maximum atomic E-state index is 13.5. The van der Waals surface area contributed by atoms with Crippen molar-refractivity contribution in [2.45, 2.75) is 78.4 Å². The van der Waals surface area contributed by atoms with Crippen molar-refractivity contribution < 1.29 is 19.1 Å². The van der Waals surface area contributed by atoms with Crippen LogP contribution in [0.3, 0.4) is 0 Å². The number of para-hydroxylation sites is 1. The number of carbonyl (C=O) groups excluding carboxylic acids is 2. The highest BCUT2D eigenvalue weighted by molar-refractivity contribution is 5.88. The summed E-state index contributed by atoms with van der Waals surface area (Å²) in [6.07, 6.45) is 0.488. The van der Waals surface area contributed by atoms with Gasteiger partial charge in [-0.25, -0.2) is 0 Å². The van der Waals surface area contributed by atoms with E-state index in [2.05, 4.69) is 26.1 Å².